The molecule has 1 saturated heterocycles. The van der Waals surface area contributed by atoms with Crippen LogP contribution in [-0.2, 0) is 14.8 Å². The lowest BCUT2D eigenvalue weighted by molar-refractivity contribution is 0.0604. The van der Waals surface area contributed by atoms with Gasteiger partial charge < -0.3 is 4.74 Å². The van der Waals surface area contributed by atoms with E-state index < -0.39 is 10.0 Å². The van der Waals surface area contributed by atoms with Crippen molar-refractivity contribution in [3.05, 3.63) is 29.8 Å². The fourth-order valence-electron chi connectivity index (χ4n) is 2.23. The highest BCUT2D eigenvalue weighted by atomic mass is 32.2. The summed E-state index contributed by atoms with van der Waals surface area (Å²) < 4.78 is 31.7. The number of hydrogen-bond donors (Lipinski definition) is 0. The summed E-state index contributed by atoms with van der Waals surface area (Å²) in [5, 5.41) is 9.01. The molecule has 0 amide bonds. The standard InChI is InChI=1S/C13H16N2O3S/c1-18-12-6-8-15(9-7-12)19(16,17)13-5-3-2-4-11(13)10-14/h2-5,12H,6-9H2,1H3. The summed E-state index contributed by atoms with van der Waals surface area (Å²) in [4.78, 5) is 0.0911. The second-order valence-electron chi connectivity index (χ2n) is 4.45. The minimum Gasteiger partial charge on any atom is -0.381 e. The first-order chi connectivity index (χ1) is 9.09. The fraction of sp³-hybridized carbons (Fsp3) is 0.462. The van der Waals surface area contributed by atoms with E-state index in [1.54, 1.807) is 19.2 Å². The Hall–Kier alpha value is -1.42. The molecule has 1 aliphatic heterocycles. The van der Waals surface area contributed by atoms with Gasteiger partial charge in [0.2, 0.25) is 10.0 Å². The third-order valence-corrected chi connectivity index (χ3v) is 5.32. The number of rotatable bonds is 3. The quantitative estimate of drug-likeness (QED) is 0.838. The van der Waals surface area contributed by atoms with E-state index in [2.05, 4.69) is 0 Å². The number of piperidine rings is 1. The molecule has 0 radical (unpaired) electrons. The second-order valence-corrected chi connectivity index (χ2v) is 6.35. The molecular weight excluding hydrogens is 264 g/mol. The third kappa shape index (κ3) is 2.78. The van der Waals surface area contributed by atoms with Crippen molar-refractivity contribution in [2.24, 2.45) is 0 Å². The van der Waals surface area contributed by atoms with Crippen LogP contribution in [0, 0.1) is 11.3 Å². The van der Waals surface area contributed by atoms with Gasteiger partial charge in [0.1, 0.15) is 6.07 Å². The highest BCUT2D eigenvalue weighted by Crippen LogP contribution is 2.23. The molecule has 1 aromatic carbocycles. The minimum atomic E-state index is -3.58. The van der Waals surface area contributed by atoms with Crippen molar-refractivity contribution in [1.82, 2.24) is 4.31 Å². The van der Waals surface area contributed by atoms with Crippen LogP contribution in [0.1, 0.15) is 18.4 Å². The largest absolute Gasteiger partial charge is 0.381 e. The summed E-state index contributed by atoms with van der Waals surface area (Å²) in [5.41, 5.74) is 0.191. The van der Waals surface area contributed by atoms with Crippen molar-refractivity contribution >= 4 is 10.0 Å². The van der Waals surface area contributed by atoms with Crippen LogP contribution in [-0.4, -0.2) is 39.0 Å². The van der Waals surface area contributed by atoms with Crippen molar-refractivity contribution in [3.8, 4) is 6.07 Å². The Morgan fingerprint density at radius 2 is 1.95 bits per heavy atom. The lowest BCUT2D eigenvalue weighted by Crippen LogP contribution is -2.40. The normalized spacial score (nSPS) is 18.1. The topological polar surface area (TPSA) is 70.4 Å². The molecule has 0 N–H and O–H groups in total. The van der Waals surface area contributed by atoms with E-state index in [1.807, 2.05) is 6.07 Å². The van der Waals surface area contributed by atoms with E-state index in [-0.39, 0.29) is 16.6 Å². The van der Waals surface area contributed by atoms with Crippen LogP contribution in [0.5, 0.6) is 0 Å². The lowest BCUT2D eigenvalue weighted by atomic mass is 10.1. The molecular formula is C13H16N2O3S. The van der Waals surface area contributed by atoms with E-state index in [0.717, 1.165) is 0 Å². The fourth-order valence-corrected chi connectivity index (χ4v) is 3.84. The van der Waals surface area contributed by atoms with Gasteiger partial charge in [0.15, 0.2) is 0 Å². The maximum Gasteiger partial charge on any atom is 0.244 e. The van der Waals surface area contributed by atoms with E-state index in [9.17, 15) is 8.42 Å². The minimum absolute atomic E-state index is 0.0911. The zero-order chi connectivity index (χ0) is 13.9. The van der Waals surface area contributed by atoms with Crippen LogP contribution in [0.25, 0.3) is 0 Å². The Labute approximate surface area is 113 Å². The van der Waals surface area contributed by atoms with Crippen LogP contribution >= 0.6 is 0 Å². The number of sulfonamides is 1. The van der Waals surface area contributed by atoms with Crippen LogP contribution < -0.4 is 0 Å². The monoisotopic (exact) mass is 280 g/mol. The van der Waals surface area contributed by atoms with Gasteiger partial charge in [0.05, 0.1) is 16.6 Å². The summed E-state index contributed by atoms with van der Waals surface area (Å²) in [7, 11) is -1.94. The average molecular weight is 280 g/mol. The highest BCUT2D eigenvalue weighted by molar-refractivity contribution is 7.89. The molecule has 2 rings (SSSR count). The molecule has 0 saturated carbocycles. The number of methoxy groups -OCH3 is 1. The molecule has 1 aliphatic rings. The smallest absolute Gasteiger partial charge is 0.244 e. The third-order valence-electron chi connectivity index (χ3n) is 3.36. The van der Waals surface area contributed by atoms with Gasteiger partial charge in [-0.3, -0.25) is 0 Å². The first kappa shape index (κ1) is 14.0. The predicted octanol–water partition coefficient (Wildman–Crippen LogP) is 1.36. The zero-order valence-corrected chi connectivity index (χ0v) is 11.6. The molecule has 0 spiro atoms. The van der Waals surface area contributed by atoms with E-state index in [0.29, 0.717) is 25.9 Å². The van der Waals surface area contributed by atoms with E-state index >= 15 is 0 Å². The van der Waals surface area contributed by atoms with Gasteiger partial charge in [-0.2, -0.15) is 9.57 Å². The average Bonchev–Trinajstić information content (AvgIpc) is 2.47. The Balaban J connectivity index is 2.27. The van der Waals surface area contributed by atoms with Gasteiger partial charge in [-0.1, -0.05) is 12.1 Å². The van der Waals surface area contributed by atoms with Gasteiger partial charge in [-0.25, -0.2) is 8.42 Å². The Bertz CT molecular complexity index is 584. The maximum atomic E-state index is 12.5. The van der Waals surface area contributed by atoms with Crippen molar-refractivity contribution in [3.63, 3.8) is 0 Å². The molecule has 0 atom stereocenters. The van der Waals surface area contributed by atoms with Gasteiger partial charge in [-0.15, -0.1) is 0 Å². The van der Waals surface area contributed by atoms with Crippen molar-refractivity contribution in [2.45, 2.75) is 23.8 Å². The summed E-state index contributed by atoms with van der Waals surface area (Å²) in [5.74, 6) is 0. The summed E-state index contributed by atoms with van der Waals surface area (Å²) in [6, 6.07) is 8.23. The molecule has 0 unspecified atom stereocenters. The number of hydrogen-bond acceptors (Lipinski definition) is 4. The van der Waals surface area contributed by atoms with Crippen LogP contribution in [0.3, 0.4) is 0 Å². The van der Waals surface area contributed by atoms with Gasteiger partial charge in [0, 0.05) is 20.2 Å². The molecule has 102 valence electrons. The van der Waals surface area contributed by atoms with Gasteiger partial charge in [0.25, 0.3) is 0 Å². The molecule has 5 nitrogen and oxygen atoms in total. The lowest BCUT2D eigenvalue weighted by Gasteiger charge is -2.30. The SMILES string of the molecule is COC1CCN(S(=O)(=O)c2ccccc2C#N)CC1. The Morgan fingerprint density at radius 1 is 1.32 bits per heavy atom. The van der Waals surface area contributed by atoms with Crippen molar-refractivity contribution in [2.75, 3.05) is 20.2 Å². The first-order valence-corrected chi connectivity index (χ1v) is 7.55. The number of benzene rings is 1. The molecule has 19 heavy (non-hydrogen) atoms. The second kappa shape index (κ2) is 5.70. The molecule has 0 aromatic heterocycles. The van der Waals surface area contributed by atoms with Crippen molar-refractivity contribution in [1.29, 1.82) is 5.26 Å². The van der Waals surface area contributed by atoms with Crippen LogP contribution in [0.4, 0.5) is 0 Å². The molecule has 0 aliphatic carbocycles. The van der Waals surface area contributed by atoms with Crippen molar-refractivity contribution < 1.29 is 13.2 Å². The molecule has 6 heteroatoms. The van der Waals surface area contributed by atoms with Gasteiger partial charge in [-0.05, 0) is 25.0 Å². The Kier molecular flexibility index (Phi) is 4.20. The number of nitriles is 1. The summed E-state index contributed by atoms with van der Waals surface area (Å²) >= 11 is 0. The van der Waals surface area contributed by atoms with Gasteiger partial charge >= 0.3 is 0 Å². The molecule has 1 heterocycles. The highest BCUT2D eigenvalue weighted by Gasteiger charge is 2.30. The van der Waals surface area contributed by atoms with Crippen LogP contribution in [0.15, 0.2) is 29.2 Å². The molecule has 0 bridgehead atoms. The summed E-state index contributed by atoms with van der Waals surface area (Å²) in [6.45, 7) is 0.862. The number of nitrogens with zero attached hydrogens (tertiary/aromatic N) is 2. The predicted molar refractivity (Wildman–Crippen MR) is 69.9 cm³/mol. The summed E-state index contributed by atoms with van der Waals surface area (Å²) in [6.07, 6.45) is 1.49. The number of ether oxygens (including phenoxy) is 1. The van der Waals surface area contributed by atoms with E-state index in [1.165, 1.54) is 16.4 Å². The van der Waals surface area contributed by atoms with E-state index in [4.69, 9.17) is 10.00 Å². The first-order valence-electron chi connectivity index (χ1n) is 6.11. The molecule has 1 aromatic rings. The molecule has 1 fully saturated rings. The Morgan fingerprint density at radius 3 is 2.53 bits per heavy atom. The van der Waals surface area contributed by atoms with Crippen LogP contribution in [0.2, 0.25) is 0 Å². The maximum absolute atomic E-state index is 12.5. The zero-order valence-electron chi connectivity index (χ0n) is 10.7.